The first-order valence-electron chi connectivity index (χ1n) is 8.24. The van der Waals surface area contributed by atoms with Gasteiger partial charge >= 0.3 is 0 Å². The van der Waals surface area contributed by atoms with Crippen molar-refractivity contribution < 1.29 is 4.79 Å². The van der Waals surface area contributed by atoms with Crippen molar-refractivity contribution in [3.63, 3.8) is 0 Å². The third-order valence-electron chi connectivity index (χ3n) is 3.44. The van der Waals surface area contributed by atoms with Crippen molar-refractivity contribution >= 4 is 17.7 Å². The number of unbranched alkanes of at least 4 members (excludes halogenated alkanes) is 8. The van der Waals surface area contributed by atoms with Crippen LogP contribution in [0.25, 0.3) is 0 Å². The molecule has 0 saturated carbocycles. The summed E-state index contributed by atoms with van der Waals surface area (Å²) in [5, 5.41) is -0.0308. The number of rotatable bonds is 14. The van der Waals surface area contributed by atoms with Crippen molar-refractivity contribution in [3.05, 3.63) is 12.2 Å². The Morgan fingerprint density at radius 3 is 2.10 bits per heavy atom. The Kier molecular flexibility index (Phi) is 14.6. The van der Waals surface area contributed by atoms with Gasteiger partial charge in [0.05, 0.1) is 5.25 Å². The predicted molar refractivity (Wildman–Crippen MR) is 92.1 cm³/mol. The molecule has 3 heteroatoms. The molecular formula is C17H33NOS. The summed E-state index contributed by atoms with van der Waals surface area (Å²) in [6.07, 6.45) is 17.7. The van der Waals surface area contributed by atoms with Gasteiger partial charge in [0, 0.05) is 0 Å². The lowest BCUT2D eigenvalue weighted by molar-refractivity contribution is -0.117. The van der Waals surface area contributed by atoms with Gasteiger partial charge in [-0.3, -0.25) is 4.79 Å². The highest BCUT2D eigenvalue weighted by Gasteiger charge is 2.07. The topological polar surface area (TPSA) is 43.1 Å². The molecule has 0 aliphatic heterocycles. The lowest BCUT2D eigenvalue weighted by atomic mass is 10.1. The van der Waals surface area contributed by atoms with E-state index < -0.39 is 0 Å². The summed E-state index contributed by atoms with van der Waals surface area (Å²) < 4.78 is 0. The molecule has 0 heterocycles. The number of nitrogens with two attached hydrogens (primary N) is 1. The van der Waals surface area contributed by atoms with E-state index in [1.54, 1.807) is 11.8 Å². The number of allylic oxidation sites excluding steroid dienone is 2. The van der Waals surface area contributed by atoms with E-state index >= 15 is 0 Å². The van der Waals surface area contributed by atoms with Gasteiger partial charge in [0.1, 0.15) is 0 Å². The third-order valence-corrected chi connectivity index (χ3v) is 4.69. The Balaban J connectivity index is 3.10. The summed E-state index contributed by atoms with van der Waals surface area (Å²) in [6.45, 7) is 4.08. The van der Waals surface area contributed by atoms with E-state index in [1.807, 2.05) is 6.92 Å². The van der Waals surface area contributed by atoms with E-state index in [0.29, 0.717) is 0 Å². The lowest BCUT2D eigenvalue weighted by Crippen LogP contribution is -2.22. The fourth-order valence-corrected chi connectivity index (χ4v) is 2.94. The molecule has 0 aromatic carbocycles. The van der Waals surface area contributed by atoms with E-state index in [9.17, 15) is 4.79 Å². The van der Waals surface area contributed by atoms with E-state index in [2.05, 4.69) is 19.1 Å². The van der Waals surface area contributed by atoms with Crippen molar-refractivity contribution in [3.8, 4) is 0 Å². The van der Waals surface area contributed by atoms with Gasteiger partial charge in [0.2, 0.25) is 5.91 Å². The third kappa shape index (κ3) is 14.0. The molecule has 0 aliphatic rings. The van der Waals surface area contributed by atoms with Gasteiger partial charge in [0.25, 0.3) is 0 Å². The number of hydrogen-bond donors (Lipinski definition) is 1. The second-order valence-electron chi connectivity index (χ2n) is 5.41. The number of carbonyl (C=O) groups is 1. The van der Waals surface area contributed by atoms with Crippen LogP contribution in [-0.2, 0) is 4.79 Å². The molecule has 1 atom stereocenters. The molecule has 2 nitrogen and oxygen atoms in total. The van der Waals surface area contributed by atoms with Crippen molar-refractivity contribution in [2.45, 2.75) is 83.3 Å². The zero-order valence-electron chi connectivity index (χ0n) is 13.4. The molecule has 2 N–H and O–H groups in total. The van der Waals surface area contributed by atoms with Gasteiger partial charge in [-0.1, -0.05) is 57.6 Å². The van der Waals surface area contributed by atoms with Crippen molar-refractivity contribution in [1.82, 2.24) is 0 Å². The van der Waals surface area contributed by atoms with Crippen molar-refractivity contribution in [1.29, 1.82) is 0 Å². The Morgan fingerprint density at radius 2 is 1.55 bits per heavy atom. The lowest BCUT2D eigenvalue weighted by Gasteiger charge is -2.06. The monoisotopic (exact) mass is 299 g/mol. The summed E-state index contributed by atoms with van der Waals surface area (Å²) in [6, 6.07) is 0. The van der Waals surface area contributed by atoms with Gasteiger partial charge in [-0.15, -0.1) is 11.8 Å². The first-order valence-corrected chi connectivity index (χ1v) is 9.29. The van der Waals surface area contributed by atoms with Crippen LogP contribution in [0.3, 0.4) is 0 Å². The molecule has 0 bridgehead atoms. The summed E-state index contributed by atoms with van der Waals surface area (Å²) in [5.74, 6) is 0.872. The molecule has 118 valence electrons. The molecule has 0 aliphatic carbocycles. The van der Waals surface area contributed by atoms with Gasteiger partial charge in [0.15, 0.2) is 0 Å². The van der Waals surface area contributed by atoms with Crippen LogP contribution in [0, 0.1) is 0 Å². The number of amides is 1. The van der Waals surface area contributed by atoms with Crippen LogP contribution in [-0.4, -0.2) is 16.9 Å². The van der Waals surface area contributed by atoms with Crippen molar-refractivity contribution in [2.24, 2.45) is 5.73 Å². The molecule has 1 amide bonds. The van der Waals surface area contributed by atoms with Crippen LogP contribution in [0.4, 0.5) is 0 Å². The first-order chi connectivity index (χ1) is 9.68. The maximum absolute atomic E-state index is 10.8. The second kappa shape index (κ2) is 15.0. The molecule has 0 radical (unpaired) electrons. The summed E-state index contributed by atoms with van der Waals surface area (Å²) in [7, 11) is 0. The zero-order valence-corrected chi connectivity index (χ0v) is 14.2. The molecule has 0 rings (SSSR count). The largest absolute Gasteiger partial charge is 0.369 e. The highest BCUT2D eigenvalue weighted by atomic mass is 32.2. The molecule has 1 unspecified atom stereocenters. The van der Waals surface area contributed by atoms with Crippen LogP contribution in [0.1, 0.15) is 78.1 Å². The quantitative estimate of drug-likeness (QED) is 0.359. The Labute approximate surface area is 130 Å². The van der Waals surface area contributed by atoms with Crippen LogP contribution in [0.2, 0.25) is 0 Å². The minimum atomic E-state index is -0.191. The average molecular weight is 300 g/mol. The molecule has 0 aromatic heterocycles. The molecule has 0 saturated heterocycles. The summed E-state index contributed by atoms with van der Waals surface area (Å²) in [5.41, 5.74) is 5.22. The van der Waals surface area contributed by atoms with Gasteiger partial charge in [-0.25, -0.2) is 0 Å². The number of hydrogen-bond acceptors (Lipinski definition) is 2. The molecule has 0 aromatic rings. The van der Waals surface area contributed by atoms with E-state index in [-0.39, 0.29) is 11.2 Å². The van der Waals surface area contributed by atoms with Crippen LogP contribution in [0.5, 0.6) is 0 Å². The van der Waals surface area contributed by atoms with Crippen LogP contribution in [0.15, 0.2) is 12.2 Å². The minimum Gasteiger partial charge on any atom is -0.369 e. The summed E-state index contributed by atoms with van der Waals surface area (Å²) >= 11 is 1.68. The summed E-state index contributed by atoms with van der Waals surface area (Å²) in [4.78, 5) is 10.8. The highest BCUT2D eigenvalue weighted by Crippen LogP contribution is 2.15. The molecule has 20 heavy (non-hydrogen) atoms. The second-order valence-corrected chi connectivity index (χ2v) is 6.86. The minimum absolute atomic E-state index is 0.0308. The fourth-order valence-electron chi connectivity index (χ4n) is 2.05. The molecule has 0 spiro atoms. The molecular weight excluding hydrogens is 266 g/mol. The SMILES string of the molecule is CC/C=C\CCCCCCCCCCSC(C)C(N)=O. The first kappa shape index (κ1) is 19.6. The standard InChI is InChI=1S/C17H33NOS/c1-3-4-5-6-7-8-9-10-11-12-13-14-15-20-16(2)17(18)19/h4-5,16H,3,6-15H2,1-2H3,(H2,18,19)/b5-4-. The maximum Gasteiger partial charge on any atom is 0.230 e. The van der Waals surface area contributed by atoms with Gasteiger partial charge in [-0.2, -0.15) is 0 Å². The Morgan fingerprint density at radius 1 is 1.00 bits per heavy atom. The predicted octanol–water partition coefficient (Wildman–Crippen LogP) is 5.07. The fraction of sp³-hybridized carbons (Fsp3) is 0.824. The van der Waals surface area contributed by atoms with E-state index in [4.69, 9.17) is 5.73 Å². The van der Waals surface area contributed by atoms with Gasteiger partial charge < -0.3 is 5.73 Å². The normalized spacial score (nSPS) is 12.9. The molecule has 0 fully saturated rings. The van der Waals surface area contributed by atoms with Crippen LogP contribution >= 0.6 is 11.8 Å². The van der Waals surface area contributed by atoms with E-state index in [1.165, 1.54) is 57.8 Å². The average Bonchev–Trinajstić information content (AvgIpc) is 2.43. The highest BCUT2D eigenvalue weighted by molar-refractivity contribution is 8.00. The van der Waals surface area contributed by atoms with E-state index in [0.717, 1.165) is 12.2 Å². The van der Waals surface area contributed by atoms with Crippen LogP contribution < -0.4 is 5.73 Å². The number of carbonyl (C=O) groups excluding carboxylic acids is 1. The smallest absolute Gasteiger partial charge is 0.230 e. The number of primary amides is 1. The zero-order chi connectivity index (χ0) is 15.1. The maximum atomic E-state index is 10.8. The number of thioether (sulfide) groups is 1. The van der Waals surface area contributed by atoms with Crippen molar-refractivity contribution in [2.75, 3.05) is 5.75 Å². The van der Waals surface area contributed by atoms with Gasteiger partial charge in [-0.05, 0) is 38.4 Å². The Hall–Kier alpha value is -0.440. The Bertz CT molecular complexity index is 253.